The molecule has 4 rings (SSSR count). The van der Waals surface area contributed by atoms with E-state index < -0.39 is 12.0 Å². The zero-order chi connectivity index (χ0) is 25.5. The molecule has 0 bridgehead atoms. The zero-order valence-electron chi connectivity index (χ0n) is 20.5. The maximum Gasteiger partial charge on any atom is 0.323 e. The lowest BCUT2D eigenvalue weighted by Gasteiger charge is -2.15. The quantitative estimate of drug-likeness (QED) is 0.257. The topological polar surface area (TPSA) is 122 Å². The van der Waals surface area contributed by atoms with Gasteiger partial charge in [0.15, 0.2) is 17.3 Å². The molecule has 0 aliphatic heterocycles. The van der Waals surface area contributed by atoms with Crippen LogP contribution in [0.1, 0.15) is 26.5 Å². The predicted molar refractivity (Wildman–Crippen MR) is 136 cm³/mol. The van der Waals surface area contributed by atoms with Crippen LogP contribution in [0.25, 0.3) is 22.4 Å². The van der Waals surface area contributed by atoms with Gasteiger partial charge in [-0.05, 0) is 54.8 Å². The molecule has 3 heterocycles. The van der Waals surface area contributed by atoms with Crippen molar-refractivity contribution in [3.63, 3.8) is 0 Å². The molecule has 0 spiro atoms. The van der Waals surface area contributed by atoms with Crippen LogP contribution in [-0.4, -0.2) is 45.2 Å². The molecule has 0 radical (unpaired) electrons. The van der Waals surface area contributed by atoms with Crippen LogP contribution in [0.4, 0.5) is 0 Å². The van der Waals surface area contributed by atoms with E-state index in [1.807, 2.05) is 51.1 Å². The summed E-state index contributed by atoms with van der Waals surface area (Å²) in [6.07, 6.45) is 5.80. The number of nitrogens with zero attached hydrogens (tertiary/aromatic N) is 4. The molecule has 9 nitrogen and oxygen atoms in total. The lowest BCUT2D eigenvalue weighted by atomic mass is 10.1. The molecule has 0 aliphatic carbocycles. The number of nitrogens with two attached hydrogens (primary N) is 1. The molecule has 0 unspecified atom stereocenters. The van der Waals surface area contributed by atoms with E-state index in [9.17, 15) is 4.79 Å². The van der Waals surface area contributed by atoms with Gasteiger partial charge >= 0.3 is 5.97 Å². The first kappa shape index (κ1) is 25.0. The lowest BCUT2D eigenvalue weighted by molar-refractivity contribution is -0.147. The maximum atomic E-state index is 11.9. The summed E-state index contributed by atoms with van der Waals surface area (Å²) in [4.78, 5) is 29.7. The van der Waals surface area contributed by atoms with Crippen molar-refractivity contribution in [3.8, 4) is 28.8 Å². The van der Waals surface area contributed by atoms with Gasteiger partial charge in [0.25, 0.3) is 0 Å². The van der Waals surface area contributed by atoms with Crippen LogP contribution in [0.15, 0.2) is 61.1 Å². The Morgan fingerprint density at radius 2 is 1.78 bits per heavy atom. The van der Waals surface area contributed by atoms with Gasteiger partial charge in [-0.15, -0.1) is 0 Å². The van der Waals surface area contributed by atoms with E-state index in [1.165, 1.54) is 0 Å². The highest BCUT2D eigenvalue weighted by molar-refractivity contribution is 5.86. The molecule has 4 aromatic rings. The Hall–Kier alpha value is -4.11. The molecule has 186 valence electrons. The molecule has 0 saturated heterocycles. The highest BCUT2D eigenvalue weighted by atomic mass is 16.6. The Bertz CT molecular complexity index is 1330. The second-order valence-corrected chi connectivity index (χ2v) is 8.45. The molecule has 1 atom stereocenters. The Morgan fingerprint density at radius 1 is 0.972 bits per heavy atom. The summed E-state index contributed by atoms with van der Waals surface area (Å²) >= 11 is 0. The summed E-state index contributed by atoms with van der Waals surface area (Å²) in [5.41, 5.74) is 8.03. The van der Waals surface area contributed by atoms with Crippen molar-refractivity contribution >= 4 is 16.9 Å². The number of esters is 1. The number of aromatic nitrogens is 4. The average Bonchev–Trinajstić information content (AvgIpc) is 2.91. The highest BCUT2D eigenvalue weighted by Crippen LogP contribution is 2.35. The lowest BCUT2D eigenvalue weighted by Crippen LogP contribution is -2.37. The van der Waals surface area contributed by atoms with Crippen LogP contribution >= 0.6 is 0 Å². The van der Waals surface area contributed by atoms with Crippen LogP contribution in [0.5, 0.6) is 17.2 Å². The number of rotatable bonds is 10. The van der Waals surface area contributed by atoms with Crippen molar-refractivity contribution in [1.29, 1.82) is 0 Å². The molecule has 36 heavy (non-hydrogen) atoms. The number of pyridine rings is 2. The van der Waals surface area contributed by atoms with E-state index in [-0.39, 0.29) is 19.1 Å². The molecule has 0 amide bonds. The predicted octanol–water partition coefficient (Wildman–Crippen LogP) is 4.35. The normalized spacial score (nSPS) is 11.9. The van der Waals surface area contributed by atoms with Crippen molar-refractivity contribution in [2.45, 2.75) is 33.2 Å². The minimum Gasteiger partial charge on any atom is -0.490 e. The number of ether oxygens (including phenoxy) is 3. The molecule has 1 aromatic carbocycles. The van der Waals surface area contributed by atoms with Crippen LogP contribution in [0, 0.1) is 5.92 Å². The first-order chi connectivity index (χ1) is 17.5. The third-order valence-electron chi connectivity index (χ3n) is 5.54. The van der Waals surface area contributed by atoms with Crippen LogP contribution in [-0.2, 0) is 16.0 Å². The van der Waals surface area contributed by atoms with Crippen LogP contribution in [0.2, 0.25) is 0 Å². The second kappa shape index (κ2) is 11.5. The van der Waals surface area contributed by atoms with Gasteiger partial charge in [-0.3, -0.25) is 9.78 Å². The monoisotopic (exact) mass is 487 g/mol. The summed E-state index contributed by atoms with van der Waals surface area (Å²) < 4.78 is 17.3. The summed E-state index contributed by atoms with van der Waals surface area (Å²) in [6, 6.07) is 12.2. The Labute approximate surface area is 209 Å². The molecule has 3 aromatic heterocycles. The zero-order valence-corrected chi connectivity index (χ0v) is 20.5. The largest absolute Gasteiger partial charge is 0.490 e. The third-order valence-corrected chi connectivity index (χ3v) is 5.54. The van der Waals surface area contributed by atoms with Gasteiger partial charge in [-0.25, -0.2) is 15.0 Å². The molecule has 9 heteroatoms. The fraction of sp³-hybridized carbons (Fsp3) is 0.296. The van der Waals surface area contributed by atoms with Crippen LogP contribution < -0.4 is 15.2 Å². The van der Waals surface area contributed by atoms with Gasteiger partial charge in [-0.1, -0.05) is 20.8 Å². The van der Waals surface area contributed by atoms with Gasteiger partial charge in [0.2, 0.25) is 0 Å². The Morgan fingerprint density at radius 3 is 2.53 bits per heavy atom. The van der Waals surface area contributed by atoms with Crippen LogP contribution in [0.3, 0.4) is 0 Å². The van der Waals surface area contributed by atoms with Gasteiger partial charge in [0.05, 0.1) is 5.52 Å². The smallest absolute Gasteiger partial charge is 0.323 e. The van der Waals surface area contributed by atoms with E-state index >= 15 is 0 Å². The van der Waals surface area contributed by atoms with Gasteiger partial charge < -0.3 is 19.9 Å². The third kappa shape index (κ3) is 5.92. The summed E-state index contributed by atoms with van der Waals surface area (Å²) in [7, 11) is 0. The molecular formula is C27H29N5O4. The van der Waals surface area contributed by atoms with E-state index in [0.717, 1.165) is 23.0 Å². The number of hydrogen-bond donors (Lipinski definition) is 1. The summed E-state index contributed by atoms with van der Waals surface area (Å²) in [5.74, 6) is 1.77. The molecule has 0 aliphatic rings. The van der Waals surface area contributed by atoms with Crippen molar-refractivity contribution < 1.29 is 19.0 Å². The standard InChI is InChI=1S/C27H29N5O4/c1-4-18-6-9-23(25(32-18)26-30-11-5-12-31-26)36-22-10-13-29-21-8-7-19(16-20(21)22)34-14-15-35-27(33)24(28)17(2)3/h5-13,16-17,24H,4,14-15,28H2,1-3H3/t24-/m0/s1. The Balaban J connectivity index is 1.54. The van der Waals surface area contributed by atoms with Crippen molar-refractivity contribution in [1.82, 2.24) is 19.9 Å². The van der Waals surface area contributed by atoms with E-state index in [2.05, 4.69) is 15.0 Å². The number of benzene rings is 1. The van der Waals surface area contributed by atoms with E-state index in [1.54, 1.807) is 30.7 Å². The van der Waals surface area contributed by atoms with E-state index in [4.69, 9.17) is 24.9 Å². The molecular weight excluding hydrogens is 458 g/mol. The number of carbonyl (C=O) groups is 1. The van der Waals surface area contributed by atoms with Crippen molar-refractivity contribution in [3.05, 3.63) is 66.7 Å². The molecule has 0 fully saturated rings. The number of aryl methyl sites for hydroxylation is 1. The maximum absolute atomic E-state index is 11.9. The van der Waals surface area contributed by atoms with Gasteiger partial charge in [0.1, 0.15) is 30.8 Å². The highest BCUT2D eigenvalue weighted by Gasteiger charge is 2.18. The number of carbonyl (C=O) groups excluding carboxylic acids is 1. The molecule has 0 saturated carbocycles. The first-order valence-electron chi connectivity index (χ1n) is 11.8. The number of fused-ring (bicyclic) bond motifs is 1. The fourth-order valence-corrected chi connectivity index (χ4v) is 3.42. The Kier molecular flexibility index (Phi) is 8.02. The second-order valence-electron chi connectivity index (χ2n) is 8.45. The average molecular weight is 488 g/mol. The number of hydrogen-bond acceptors (Lipinski definition) is 9. The van der Waals surface area contributed by atoms with Gasteiger partial charge in [-0.2, -0.15) is 0 Å². The van der Waals surface area contributed by atoms with Crippen molar-refractivity contribution in [2.24, 2.45) is 11.7 Å². The van der Waals surface area contributed by atoms with E-state index in [0.29, 0.717) is 28.8 Å². The summed E-state index contributed by atoms with van der Waals surface area (Å²) in [6.45, 7) is 6.07. The molecule has 2 N–H and O–H groups in total. The SMILES string of the molecule is CCc1ccc(Oc2ccnc3ccc(OCCOC(=O)[C@@H](N)C(C)C)cc23)c(-c2ncccn2)n1. The van der Waals surface area contributed by atoms with Gasteiger partial charge in [0, 0.05) is 29.7 Å². The summed E-state index contributed by atoms with van der Waals surface area (Å²) in [5, 5.41) is 0.758. The van der Waals surface area contributed by atoms with Crippen molar-refractivity contribution in [2.75, 3.05) is 13.2 Å². The first-order valence-corrected chi connectivity index (χ1v) is 11.8. The minimum atomic E-state index is -0.650. The fourth-order valence-electron chi connectivity index (χ4n) is 3.42. The minimum absolute atomic E-state index is 0.00664.